The standard InChI is InChI=1S/C14H24IN3O/c1-4-7-11-13(15)14(16-9-5-2)18-12(17-11)8-10-19-6-3/h4-10H2,1-3H3,(H,16,17,18). The van der Waals surface area contributed by atoms with Crippen LogP contribution in [-0.2, 0) is 17.6 Å². The first kappa shape index (κ1) is 16.6. The van der Waals surface area contributed by atoms with Crippen LogP contribution in [0.4, 0.5) is 5.82 Å². The highest BCUT2D eigenvalue weighted by Gasteiger charge is 2.11. The molecule has 0 unspecified atom stereocenters. The fourth-order valence-electron chi connectivity index (χ4n) is 1.73. The van der Waals surface area contributed by atoms with Crippen LogP contribution < -0.4 is 5.32 Å². The summed E-state index contributed by atoms with van der Waals surface area (Å²) in [7, 11) is 0. The van der Waals surface area contributed by atoms with Crippen molar-refractivity contribution in [2.75, 3.05) is 25.1 Å². The van der Waals surface area contributed by atoms with Gasteiger partial charge in [-0.05, 0) is 42.4 Å². The van der Waals surface area contributed by atoms with Gasteiger partial charge in [0.2, 0.25) is 0 Å². The summed E-state index contributed by atoms with van der Waals surface area (Å²) in [6.07, 6.45) is 3.98. The summed E-state index contributed by atoms with van der Waals surface area (Å²) in [5.41, 5.74) is 1.16. The summed E-state index contributed by atoms with van der Waals surface area (Å²) in [4.78, 5) is 9.28. The predicted molar refractivity (Wildman–Crippen MR) is 87.7 cm³/mol. The lowest BCUT2D eigenvalue weighted by molar-refractivity contribution is 0.149. The van der Waals surface area contributed by atoms with E-state index in [1.807, 2.05) is 6.92 Å². The molecule has 0 aliphatic heterocycles. The molecule has 0 aliphatic carbocycles. The van der Waals surface area contributed by atoms with Crippen LogP contribution in [0.25, 0.3) is 0 Å². The average molecular weight is 377 g/mol. The van der Waals surface area contributed by atoms with Gasteiger partial charge in [-0.1, -0.05) is 20.3 Å². The minimum atomic E-state index is 0.690. The van der Waals surface area contributed by atoms with Crippen LogP contribution in [-0.4, -0.2) is 29.7 Å². The maximum atomic E-state index is 5.39. The second kappa shape index (κ2) is 9.47. The number of hydrogen-bond donors (Lipinski definition) is 1. The molecule has 5 heteroatoms. The smallest absolute Gasteiger partial charge is 0.143 e. The third kappa shape index (κ3) is 5.60. The zero-order valence-corrected chi connectivity index (χ0v) is 14.3. The molecule has 0 saturated carbocycles. The SMILES string of the molecule is CCCNc1nc(CCOCC)nc(CCC)c1I. The Balaban J connectivity index is 2.87. The molecule has 0 saturated heterocycles. The molecule has 0 aliphatic rings. The van der Waals surface area contributed by atoms with E-state index in [4.69, 9.17) is 4.74 Å². The minimum Gasteiger partial charge on any atom is -0.381 e. The number of rotatable bonds is 9. The molecule has 4 nitrogen and oxygen atoms in total. The van der Waals surface area contributed by atoms with Crippen molar-refractivity contribution in [2.45, 2.75) is 46.5 Å². The summed E-state index contributed by atoms with van der Waals surface area (Å²) in [6.45, 7) is 8.72. The first-order valence-electron chi connectivity index (χ1n) is 7.09. The van der Waals surface area contributed by atoms with Crippen molar-refractivity contribution in [1.29, 1.82) is 0 Å². The van der Waals surface area contributed by atoms with Crippen molar-refractivity contribution in [3.05, 3.63) is 15.1 Å². The lowest BCUT2D eigenvalue weighted by atomic mass is 10.2. The second-order valence-corrected chi connectivity index (χ2v) is 5.45. The first-order chi connectivity index (χ1) is 9.22. The van der Waals surface area contributed by atoms with Crippen molar-refractivity contribution in [3.8, 4) is 0 Å². The lowest BCUT2D eigenvalue weighted by Gasteiger charge is -2.12. The van der Waals surface area contributed by atoms with Crippen molar-refractivity contribution in [1.82, 2.24) is 9.97 Å². The zero-order chi connectivity index (χ0) is 14.1. The number of ether oxygens (including phenoxy) is 1. The molecule has 108 valence electrons. The van der Waals surface area contributed by atoms with Gasteiger partial charge in [0, 0.05) is 19.6 Å². The van der Waals surface area contributed by atoms with Gasteiger partial charge in [0.15, 0.2) is 0 Å². The number of halogens is 1. The summed E-state index contributed by atoms with van der Waals surface area (Å²) >= 11 is 2.35. The Bertz CT molecular complexity index is 385. The monoisotopic (exact) mass is 377 g/mol. The Morgan fingerprint density at radius 2 is 1.89 bits per heavy atom. The highest BCUT2D eigenvalue weighted by molar-refractivity contribution is 14.1. The molecule has 0 atom stereocenters. The van der Waals surface area contributed by atoms with Crippen molar-refractivity contribution in [2.24, 2.45) is 0 Å². The highest BCUT2D eigenvalue weighted by atomic mass is 127. The van der Waals surface area contributed by atoms with Crippen LogP contribution in [0.5, 0.6) is 0 Å². The molecule has 0 radical (unpaired) electrons. The Morgan fingerprint density at radius 1 is 1.11 bits per heavy atom. The fraction of sp³-hybridized carbons (Fsp3) is 0.714. The third-order valence-electron chi connectivity index (χ3n) is 2.67. The number of anilines is 1. The van der Waals surface area contributed by atoms with Crippen LogP contribution in [0, 0.1) is 3.57 Å². The fourth-order valence-corrected chi connectivity index (χ4v) is 2.43. The number of nitrogens with one attached hydrogen (secondary N) is 1. The van der Waals surface area contributed by atoms with E-state index in [1.165, 1.54) is 0 Å². The van der Waals surface area contributed by atoms with E-state index < -0.39 is 0 Å². The van der Waals surface area contributed by atoms with Gasteiger partial charge in [-0.3, -0.25) is 0 Å². The Morgan fingerprint density at radius 3 is 2.53 bits per heavy atom. The molecule has 0 spiro atoms. The molecule has 0 fully saturated rings. The van der Waals surface area contributed by atoms with E-state index in [0.29, 0.717) is 6.61 Å². The Kier molecular flexibility index (Phi) is 8.29. The Labute approximate surface area is 129 Å². The van der Waals surface area contributed by atoms with E-state index in [0.717, 1.165) is 59.7 Å². The maximum Gasteiger partial charge on any atom is 0.143 e. The third-order valence-corrected chi connectivity index (χ3v) is 3.80. The van der Waals surface area contributed by atoms with Crippen LogP contribution >= 0.6 is 22.6 Å². The van der Waals surface area contributed by atoms with E-state index in [2.05, 4.69) is 51.7 Å². The van der Waals surface area contributed by atoms with Crippen LogP contribution in [0.15, 0.2) is 0 Å². The van der Waals surface area contributed by atoms with Gasteiger partial charge in [-0.25, -0.2) is 9.97 Å². The molecule has 0 bridgehead atoms. The van der Waals surface area contributed by atoms with E-state index in [-0.39, 0.29) is 0 Å². The van der Waals surface area contributed by atoms with Crippen LogP contribution in [0.1, 0.15) is 45.1 Å². The average Bonchev–Trinajstić information content (AvgIpc) is 2.41. The molecule has 1 rings (SSSR count). The molecule has 0 amide bonds. The summed E-state index contributed by atoms with van der Waals surface area (Å²) in [5.74, 6) is 1.86. The van der Waals surface area contributed by atoms with Gasteiger partial charge in [-0.2, -0.15) is 0 Å². The predicted octanol–water partition coefficient (Wildman–Crippen LogP) is 3.43. The summed E-state index contributed by atoms with van der Waals surface area (Å²) < 4.78 is 6.55. The van der Waals surface area contributed by atoms with Crippen molar-refractivity contribution < 1.29 is 4.74 Å². The topological polar surface area (TPSA) is 47.0 Å². The molecule has 1 heterocycles. The molecule has 1 aromatic rings. The first-order valence-corrected chi connectivity index (χ1v) is 8.17. The van der Waals surface area contributed by atoms with Crippen molar-refractivity contribution in [3.63, 3.8) is 0 Å². The number of nitrogens with zero attached hydrogens (tertiary/aromatic N) is 2. The quantitative estimate of drug-likeness (QED) is 0.529. The van der Waals surface area contributed by atoms with Crippen LogP contribution in [0.3, 0.4) is 0 Å². The lowest BCUT2D eigenvalue weighted by Crippen LogP contribution is -2.12. The second-order valence-electron chi connectivity index (χ2n) is 4.37. The maximum absolute atomic E-state index is 5.39. The van der Waals surface area contributed by atoms with Gasteiger partial charge >= 0.3 is 0 Å². The normalized spacial score (nSPS) is 10.7. The molecule has 1 aromatic heterocycles. The number of hydrogen-bond acceptors (Lipinski definition) is 4. The van der Waals surface area contributed by atoms with Gasteiger partial charge in [0.05, 0.1) is 15.9 Å². The van der Waals surface area contributed by atoms with E-state index in [1.54, 1.807) is 0 Å². The van der Waals surface area contributed by atoms with Gasteiger partial charge in [0.25, 0.3) is 0 Å². The van der Waals surface area contributed by atoms with Crippen LogP contribution in [0.2, 0.25) is 0 Å². The molecule has 19 heavy (non-hydrogen) atoms. The summed E-state index contributed by atoms with van der Waals surface area (Å²) in [6, 6.07) is 0. The molecule has 1 N–H and O–H groups in total. The Hall–Kier alpha value is -0.430. The molecular formula is C14H24IN3O. The van der Waals surface area contributed by atoms with Crippen molar-refractivity contribution >= 4 is 28.4 Å². The number of aromatic nitrogens is 2. The van der Waals surface area contributed by atoms with Gasteiger partial charge < -0.3 is 10.1 Å². The molecule has 0 aromatic carbocycles. The number of aryl methyl sites for hydroxylation is 1. The highest BCUT2D eigenvalue weighted by Crippen LogP contribution is 2.20. The van der Waals surface area contributed by atoms with Gasteiger partial charge in [0.1, 0.15) is 11.6 Å². The van der Waals surface area contributed by atoms with Gasteiger partial charge in [-0.15, -0.1) is 0 Å². The van der Waals surface area contributed by atoms with E-state index >= 15 is 0 Å². The largest absolute Gasteiger partial charge is 0.381 e. The van der Waals surface area contributed by atoms with E-state index in [9.17, 15) is 0 Å². The minimum absolute atomic E-state index is 0.690. The zero-order valence-electron chi connectivity index (χ0n) is 12.1. The summed E-state index contributed by atoms with van der Waals surface area (Å²) in [5, 5.41) is 3.39. The molecular weight excluding hydrogens is 353 g/mol.